The van der Waals surface area contributed by atoms with Crippen LogP contribution < -0.4 is 4.74 Å². The molecule has 0 atom stereocenters. The number of hydrogen-bond donors (Lipinski definition) is 0. The molecule has 0 radical (unpaired) electrons. The average molecular weight is 247 g/mol. The smallest absolute Gasteiger partial charge is 0.129 e. The van der Waals surface area contributed by atoms with E-state index in [0.717, 1.165) is 33.0 Å². The van der Waals surface area contributed by atoms with Crippen LogP contribution in [0.2, 0.25) is 5.02 Å². The Labute approximate surface area is 107 Å². The number of ether oxygens (including phenoxy) is 1. The predicted octanol–water partition coefficient (Wildman–Crippen LogP) is 4.63. The van der Waals surface area contributed by atoms with Crippen molar-refractivity contribution >= 4 is 11.6 Å². The maximum absolute atomic E-state index is 5.98. The molecular weight excluding hydrogens is 232 g/mol. The minimum Gasteiger partial charge on any atom is -0.496 e. The minimum atomic E-state index is 0.762. The van der Waals surface area contributed by atoms with E-state index in [4.69, 9.17) is 16.3 Å². The van der Waals surface area contributed by atoms with E-state index in [1.54, 1.807) is 7.11 Å². The van der Waals surface area contributed by atoms with E-state index in [0.29, 0.717) is 0 Å². The Morgan fingerprint density at radius 2 is 1.71 bits per heavy atom. The molecule has 0 bridgehead atoms. The van der Waals surface area contributed by atoms with Crippen LogP contribution in [0, 0.1) is 13.8 Å². The molecule has 0 aliphatic carbocycles. The van der Waals surface area contributed by atoms with E-state index in [9.17, 15) is 0 Å². The lowest BCUT2D eigenvalue weighted by Gasteiger charge is -2.13. The highest BCUT2D eigenvalue weighted by atomic mass is 35.5. The lowest BCUT2D eigenvalue weighted by atomic mass is 9.98. The third-order valence-electron chi connectivity index (χ3n) is 2.89. The van der Waals surface area contributed by atoms with Gasteiger partial charge in [0, 0.05) is 10.6 Å². The summed E-state index contributed by atoms with van der Waals surface area (Å²) in [7, 11) is 1.71. The molecule has 2 rings (SSSR count). The summed E-state index contributed by atoms with van der Waals surface area (Å²) in [5.41, 5.74) is 4.57. The molecule has 0 amide bonds. The summed E-state index contributed by atoms with van der Waals surface area (Å²) in [6.45, 7) is 4.11. The summed E-state index contributed by atoms with van der Waals surface area (Å²) in [6.07, 6.45) is 0. The Balaban J connectivity index is 2.64. The molecule has 2 aromatic rings. The van der Waals surface area contributed by atoms with Gasteiger partial charge in [0.2, 0.25) is 0 Å². The fourth-order valence-corrected chi connectivity index (χ4v) is 2.29. The van der Waals surface area contributed by atoms with Crippen molar-refractivity contribution in [1.82, 2.24) is 0 Å². The molecule has 0 N–H and O–H groups in total. The molecular formula is C15H15ClO. The Bertz CT molecular complexity index is 547. The van der Waals surface area contributed by atoms with Gasteiger partial charge in [0.15, 0.2) is 0 Å². The van der Waals surface area contributed by atoms with Crippen LogP contribution in [-0.2, 0) is 0 Å². The van der Waals surface area contributed by atoms with Crippen LogP contribution in [0.3, 0.4) is 0 Å². The van der Waals surface area contributed by atoms with Crippen molar-refractivity contribution in [2.24, 2.45) is 0 Å². The lowest BCUT2D eigenvalue weighted by Crippen LogP contribution is -1.92. The first-order valence-electron chi connectivity index (χ1n) is 5.53. The summed E-state index contributed by atoms with van der Waals surface area (Å²) in [5.74, 6) is 0.929. The Morgan fingerprint density at radius 1 is 0.941 bits per heavy atom. The van der Waals surface area contributed by atoms with E-state index in [1.807, 2.05) is 37.3 Å². The lowest BCUT2D eigenvalue weighted by molar-refractivity contribution is 0.413. The van der Waals surface area contributed by atoms with E-state index in [-0.39, 0.29) is 0 Å². The minimum absolute atomic E-state index is 0.762. The van der Waals surface area contributed by atoms with Gasteiger partial charge in [-0.2, -0.15) is 0 Å². The molecule has 0 aromatic heterocycles. The van der Waals surface area contributed by atoms with Gasteiger partial charge in [0.05, 0.1) is 7.11 Å². The third-order valence-corrected chi connectivity index (χ3v) is 3.13. The first-order valence-corrected chi connectivity index (χ1v) is 5.91. The highest BCUT2D eigenvalue weighted by Gasteiger charge is 2.10. The molecule has 0 saturated heterocycles. The highest BCUT2D eigenvalue weighted by molar-refractivity contribution is 6.30. The van der Waals surface area contributed by atoms with Gasteiger partial charge >= 0.3 is 0 Å². The second kappa shape index (κ2) is 4.80. The van der Waals surface area contributed by atoms with Gasteiger partial charge in [-0.15, -0.1) is 0 Å². The van der Waals surface area contributed by atoms with Crippen molar-refractivity contribution in [3.05, 3.63) is 52.5 Å². The standard InChI is InChI=1S/C15H15ClO/c1-10-5-4-6-14(15(10)17-3)13-8-7-12(16)9-11(13)2/h4-9H,1-3H3. The number of aryl methyl sites for hydroxylation is 2. The van der Waals surface area contributed by atoms with Gasteiger partial charge in [-0.1, -0.05) is 35.9 Å². The SMILES string of the molecule is COc1c(C)cccc1-c1ccc(Cl)cc1C. The van der Waals surface area contributed by atoms with Crippen molar-refractivity contribution in [3.8, 4) is 16.9 Å². The van der Waals surface area contributed by atoms with Crippen LogP contribution in [0.5, 0.6) is 5.75 Å². The maximum Gasteiger partial charge on any atom is 0.129 e. The molecule has 0 aliphatic heterocycles. The zero-order valence-corrected chi connectivity index (χ0v) is 11.0. The quantitative estimate of drug-likeness (QED) is 0.751. The van der Waals surface area contributed by atoms with Crippen LogP contribution in [0.15, 0.2) is 36.4 Å². The van der Waals surface area contributed by atoms with E-state index in [2.05, 4.69) is 13.0 Å². The van der Waals surface area contributed by atoms with Crippen LogP contribution >= 0.6 is 11.6 Å². The van der Waals surface area contributed by atoms with E-state index >= 15 is 0 Å². The zero-order valence-electron chi connectivity index (χ0n) is 10.3. The average Bonchev–Trinajstić information content (AvgIpc) is 2.29. The fourth-order valence-electron chi connectivity index (χ4n) is 2.06. The molecule has 88 valence electrons. The largest absolute Gasteiger partial charge is 0.496 e. The van der Waals surface area contributed by atoms with E-state index in [1.165, 1.54) is 0 Å². The molecule has 0 spiro atoms. The fraction of sp³-hybridized carbons (Fsp3) is 0.200. The first-order chi connectivity index (χ1) is 8.13. The molecule has 0 heterocycles. The van der Waals surface area contributed by atoms with Gasteiger partial charge in [0.25, 0.3) is 0 Å². The molecule has 2 aromatic carbocycles. The summed E-state index contributed by atoms with van der Waals surface area (Å²) in [4.78, 5) is 0. The molecule has 0 unspecified atom stereocenters. The number of methoxy groups -OCH3 is 1. The molecule has 0 saturated carbocycles. The second-order valence-electron chi connectivity index (χ2n) is 4.11. The number of rotatable bonds is 2. The van der Waals surface area contributed by atoms with Gasteiger partial charge in [-0.05, 0) is 42.7 Å². The molecule has 2 heteroatoms. The zero-order chi connectivity index (χ0) is 12.4. The Hall–Kier alpha value is -1.47. The Morgan fingerprint density at radius 3 is 2.35 bits per heavy atom. The van der Waals surface area contributed by atoms with Gasteiger partial charge in [-0.3, -0.25) is 0 Å². The molecule has 0 aliphatic rings. The number of benzene rings is 2. The van der Waals surface area contributed by atoms with Crippen molar-refractivity contribution < 1.29 is 4.74 Å². The summed E-state index contributed by atoms with van der Waals surface area (Å²) < 4.78 is 5.48. The number of hydrogen-bond acceptors (Lipinski definition) is 1. The highest BCUT2D eigenvalue weighted by Crippen LogP contribution is 2.35. The topological polar surface area (TPSA) is 9.23 Å². The van der Waals surface area contributed by atoms with Crippen LogP contribution in [0.4, 0.5) is 0 Å². The molecule has 17 heavy (non-hydrogen) atoms. The monoisotopic (exact) mass is 246 g/mol. The van der Waals surface area contributed by atoms with Crippen LogP contribution in [0.1, 0.15) is 11.1 Å². The van der Waals surface area contributed by atoms with Gasteiger partial charge in [-0.25, -0.2) is 0 Å². The molecule has 0 fully saturated rings. The van der Waals surface area contributed by atoms with Crippen LogP contribution in [0.25, 0.3) is 11.1 Å². The van der Waals surface area contributed by atoms with E-state index < -0.39 is 0 Å². The Kier molecular flexibility index (Phi) is 3.39. The van der Waals surface area contributed by atoms with Crippen molar-refractivity contribution in [2.75, 3.05) is 7.11 Å². The summed E-state index contributed by atoms with van der Waals surface area (Å²) in [5, 5.41) is 0.762. The number of para-hydroxylation sites is 1. The summed E-state index contributed by atoms with van der Waals surface area (Å²) in [6, 6.07) is 12.1. The van der Waals surface area contributed by atoms with Crippen molar-refractivity contribution in [3.63, 3.8) is 0 Å². The van der Waals surface area contributed by atoms with Crippen molar-refractivity contribution in [2.45, 2.75) is 13.8 Å². The number of halogens is 1. The van der Waals surface area contributed by atoms with Gasteiger partial charge < -0.3 is 4.74 Å². The third kappa shape index (κ3) is 2.29. The molecule has 1 nitrogen and oxygen atoms in total. The normalized spacial score (nSPS) is 10.4. The second-order valence-corrected chi connectivity index (χ2v) is 4.55. The van der Waals surface area contributed by atoms with Crippen molar-refractivity contribution in [1.29, 1.82) is 0 Å². The summed E-state index contributed by atoms with van der Waals surface area (Å²) >= 11 is 5.98. The maximum atomic E-state index is 5.98. The predicted molar refractivity (Wildman–Crippen MR) is 72.9 cm³/mol. The first kappa shape index (κ1) is 12.0. The van der Waals surface area contributed by atoms with Crippen LogP contribution in [-0.4, -0.2) is 7.11 Å². The van der Waals surface area contributed by atoms with Gasteiger partial charge in [0.1, 0.15) is 5.75 Å².